The molecular formula is C20H17N3O2S. The van der Waals surface area contributed by atoms with Gasteiger partial charge in [0.25, 0.3) is 5.56 Å². The van der Waals surface area contributed by atoms with Crippen LogP contribution in [0.3, 0.4) is 0 Å². The highest BCUT2D eigenvalue weighted by atomic mass is 32.2. The molecule has 3 aromatic rings. The summed E-state index contributed by atoms with van der Waals surface area (Å²) in [7, 11) is 0. The van der Waals surface area contributed by atoms with Crippen LogP contribution in [0.4, 0.5) is 0 Å². The van der Waals surface area contributed by atoms with Gasteiger partial charge in [-0.25, -0.2) is 4.98 Å². The van der Waals surface area contributed by atoms with Crippen molar-refractivity contribution in [1.29, 1.82) is 5.26 Å². The molecule has 0 amide bonds. The molecule has 0 saturated carbocycles. The second-order valence-electron chi connectivity index (χ2n) is 5.86. The summed E-state index contributed by atoms with van der Waals surface area (Å²) in [6.45, 7) is 1.58. The number of carbonyl (C=O) groups is 1. The number of Topliss-reactive ketones (excluding diaryl/α,β-unsaturated/α-hetero) is 1. The molecule has 3 rings (SSSR count). The van der Waals surface area contributed by atoms with Gasteiger partial charge in [-0.1, -0.05) is 23.9 Å². The van der Waals surface area contributed by atoms with E-state index in [1.165, 1.54) is 11.8 Å². The Morgan fingerprint density at radius 1 is 1.19 bits per heavy atom. The zero-order valence-electron chi connectivity index (χ0n) is 14.3. The first kappa shape index (κ1) is 17.9. The van der Waals surface area contributed by atoms with E-state index in [0.29, 0.717) is 39.5 Å². The molecule has 0 aliphatic rings. The van der Waals surface area contributed by atoms with Crippen LogP contribution < -0.4 is 5.56 Å². The maximum Gasteiger partial charge on any atom is 0.266 e. The van der Waals surface area contributed by atoms with Gasteiger partial charge < -0.3 is 4.79 Å². The maximum absolute atomic E-state index is 13.0. The standard InChI is InChI=1S/C20H17N3O2S/c1-14(24)5-4-12-26-20-22-18-7-3-2-6-17(18)19(25)23(20)16-10-8-15(13-21)9-11-16/h2-3,6-11H,4-5,12H2,1H3. The molecule has 26 heavy (non-hydrogen) atoms. The highest BCUT2D eigenvalue weighted by molar-refractivity contribution is 7.99. The van der Waals surface area contributed by atoms with E-state index in [9.17, 15) is 9.59 Å². The molecule has 0 aliphatic carbocycles. The normalized spacial score (nSPS) is 10.6. The predicted octanol–water partition coefficient (Wildman–Crippen LogP) is 3.72. The second kappa shape index (κ2) is 7.98. The van der Waals surface area contributed by atoms with Crippen molar-refractivity contribution in [1.82, 2.24) is 9.55 Å². The molecule has 2 aromatic carbocycles. The van der Waals surface area contributed by atoms with Crippen LogP contribution >= 0.6 is 11.8 Å². The van der Waals surface area contributed by atoms with Crippen molar-refractivity contribution in [2.24, 2.45) is 0 Å². The van der Waals surface area contributed by atoms with Gasteiger partial charge in [0.2, 0.25) is 0 Å². The number of ketones is 1. The van der Waals surface area contributed by atoms with E-state index in [-0.39, 0.29) is 11.3 Å². The molecule has 0 N–H and O–H groups in total. The number of nitrogens with zero attached hydrogens (tertiary/aromatic N) is 3. The molecule has 0 atom stereocenters. The van der Waals surface area contributed by atoms with E-state index in [2.05, 4.69) is 11.1 Å². The minimum atomic E-state index is -0.144. The van der Waals surface area contributed by atoms with Crippen LogP contribution in [0, 0.1) is 11.3 Å². The topological polar surface area (TPSA) is 75.8 Å². The molecule has 6 heteroatoms. The number of aromatic nitrogens is 2. The van der Waals surface area contributed by atoms with Gasteiger partial charge in [0.15, 0.2) is 5.16 Å². The number of carbonyl (C=O) groups excluding carboxylic acids is 1. The minimum absolute atomic E-state index is 0.144. The van der Waals surface area contributed by atoms with Gasteiger partial charge >= 0.3 is 0 Å². The molecule has 0 fully saturated rings. The predicted molar refractivity (Wildman–Crippen MR) is 103 cm³/mol. The number of nitriles is 1. The third-order valence-corrected chi connectivity index (χ3v) is 4.93. The van der Waals surface area contributed by atoms with E-state index in [4.69, 9.17) is 5.26 Å². The maximum atomic E-state index is 13.0. The van der Waals surface area contributed by atoms with Crippen LogP contribution in [0.25, 0.3) is 16.6 Å². The highest BCUT2D eigenvalue weighted by Crippen LogP contribution is 2.22. The fourth-order valence-electron chi connectivity index (χ4n) is 2.61. The second-order valence-corrected chi connectivity index (χ2v) is 6.93. The molecule has 0 aliphatic heterocycles. The van der Waals surface area contributed by atoms with Crippen molar-refractivity contribution in [2.75, 3.05) is 5.75 Å². The Kier molecular flexibility index (Phi) is 5.49. The summed E-state index contributed by atoms with van der Waals surface area (Å²) in [6.07, 6.45) is 1.25. The van der Waals surface area contributed by atoms with Crippen molar-refractivity contribution >= 4 is 28.4 Å². The molecule has 1 heterocycles. The fraction of sp³-hybridized carbons (Fsp3) is 0.200. The monoisotopic (exact) mass is 363 g/mol. The summed E-state index contributed by atoms with van der Waals surface area (Å²) in [6, 6.07) is 16.2. The first-order valence-corrected chi connectivity index (χ1v) is 9.23. The highest BCUT2D eigenvalue weighted by Gasteiger charge is 2.13. The number of hydrogen-bond acceptors (Lipinski definition) is 5. The SMILES string of the molecule is CC(=O)CCCSc1nc2ccccc2c(=O)n1-c1ccc(C#N)cc1. The molecule has 0 bridgehead atoms. The molecule has 0 saturated heterocycles. The van der Waals surface area contributed by atoms with Crippen molar-refractivity contribution in [3.63, 3.8) is 0 Å². The molecule has 0 radical (unpaired) electrons. The summed E-state index contributed by atoms with van der Waals surface area (Å²) in [5, 5.41) is 10.1. The van der Waals surface area contributed by atoms with E-state index in [1.54, 1.807) is 41.8 Å². The lowest BCUT2D eigenvalue weighted by Crippen LogP contribution is -2.21. The Hall–Kier alpha value is -2.91. The average Bonchev–Trinajstić information content (AvgIpc) is 2.65. The quantitative estimate of drug-likeness (QED) is 0.379. The van der Waals surface area contributed by atoms with Gasteiger partial charge in [-0.2, -0.15) is 5.26 Å². The van der Waals surface area contributed by atoms with Gasteiger partial charge in [-0.05, 0) is 49.7 Å². The van der Waals surface area contributed by atoms with Crippen molar-refractivity contribution in [2.45, 2.75) is 24.9 Å². The Bertz CT molecular complexity index is 1050. The lowest BCUT2D eigenvalue weighted by Gasteiger charge is -2.13. The smallest absolute Gasteiger partial charge is 0.266 e. The van der Waals surface area contributed by atoms with Crippen molar-refractivity contribution < 1.29 is 4.79 Å². The number of rotatable bonds is 6. The Labute approximate surface area is 155 Å². The first-order chi connectivity index (χ1) is 12.6. The Morgan fingerprint density at radius 2 is 1.92 bits per heavy atom. The van der Waals surface area contributed by atoms with Crippen LogP contribution in [0.1, 0.15) is 25.3 Å². The zero-order valence-corrected chi connectivity index (χ0v) is 15.1. The lowest BCUT2D eigenvalue weighted by atomic mass is 10.2. The van der Waals surface area contributed by atoms with Crippen LogP contribution in [0.15, 0.2) is 58.5 Å². The molecular weight excluding hydrogens is 346 g/mol. The molecule has 0 unspecified atom stereocenters. The van der Waals surface area contributed by atoms with Gasteiger partial charge in [-0.3, -0.25) is 9.36 Å². The van der Waals surface area contributed by atoms with E-state index in [1.807, 2.05) is 18.2 Å². The number of fused-ring (bicyclic) bond motifs is 1. The fourth-order valence-corrected chi connectivity index (χ4v) is 3.56. The van der Waals surface area contributed by atoms with E-state index in [0.717, 1.165) is 6.42 Å². The summed E-state index contributed by atoms with van der Waals surface area (Å²) in [5.74, 6) is 0.849. The molecule has 1 aromatic heterocycles. The van der Waals surface area contributed by atoms with Crippen molar-refractivity contribution in [3.05, 3.63) is 64.4 Å². The minimum Gasteiger partial charge on any atom is -0.300 e. The largest absolute Gasteiger partial charge is 0.300 e. The summed E-state index contributed by atoms with van der Waals surface area (Å²) in [5.41, 5.74) is 1.71. The van der Waals surface area contributed by atoms with Crippen molar-refractivity contribution in [3.8, 4) is 11.8 Å². The molecule has 130 valence electrons. The Morgan fingerprint density at radius 3 is 2.62 bits per heavy atom. The van der Waals surface area contributed by atoms with Crippen LogP contribution in [-0.4, -0.2) is 21.1 Å². The Balaban J connectivity index is 2.06. The number of hydrogen-bond donors (Lipinski definition) is 0. The third kappa shape index (κ3) is 3.84. The van der Waals surface area contributed by atoms with Gasteiger partial charge in [0.1, 0.15) is 5.78 Å². The summed E-state index contributed by atoms with van der Waals surface area (Å²) < 4.78 is 1.57. The number of benzene rings is 2. The lowest BCUT2D eigenvalue weighted by molar-refractivity contribution is -0.117. The molecule has 0 spiro atoms. The third-order valence-electron chi connectivity index (χ3n) is 3.90. The van der Waals surface area contributed by atoms with Crippen LogP contribution in [-0.2, 0) is 4.79 Å². The summed E-state index contributed by atoms with van der Waals surface area (Å²) in [4.78, 5) is 28.8. The van der Waals surface area contributed by atoms with Crippen LogP contribution in [0.5, 0.6) is 0 Å². The number of thioether (sulfide) groups is 1. The number of para-hydroxylation sites is 1. The van der Waals surface area contributed by atoms with Gasteiger partial charge in [-0.15, -0.1) is 0 Å². The van der Waals surface area contributed by atoms with Gasteiger partial charge in [0.05, 0.1) is 28.2 Å². The zero-order chi connectivity index (χ0) is 18.5. The summed E-state index contributed by atoms with van der Waals surface area (Å²) >= 11 is 1.46. The molecule has 5 nitrogen and oxygen atoms in total. The first-order valence-electron chi connectivity index (χ1n) is 8.24. The van der Waals surface area contributed by atoms with Crippen LogP contribution in [0.2, 0.25) is 0 Å². The van der Waals surface area contributed by atoms with Gasteiger partial charge in [0, 0.05) is 12.2 Å². The van der Waals surface area contributed by atoms with E-state index >= 15 is 0 Å². The van der Waals surface area contributed by atoms with E-state index < -0.39 is 0 Å². The average molecular weight is 363 g/mol.